The Morgan fingerprint density at radius 3 is 2.07 bits per heavy atom. The van der Waals surface area contributed by atoms with Crippen LogP contribution >= 0.6 is 0 Å². The number of ether oxygens (including phenoxy) is 1. The van der Waals surface area contributed by atoms with E-state index in [1.54, 1.807) is 14.0 Å². The summed E-state index contributed by atoms with van der Waals surface area (Å²) in [6.45, 7) is 12.2. The number of aldehydes is 1. The van der Waals surface area contributed by atoms with Gasteiger partial charge in [-0.15, -0.1) is 0 Å². The minimum atomic E-state index is -1.34. The number of methoxy groups -OCH3 is 1. The molecule has 6 heteroatoms. The van der Waals surface area contributed by atoms with Crippen LogP contribution in [0.25, 0.3) is 0 Å². The highest BCUT2D eigenvalue weighted by Crippen LogP contribution is 2.25. The van der Waals surface area contributed by atoms with Crippen LogP contribution < -0.4 is 0 Å². The molecule has 0 rings (SSSR count). The summed E-state index contributed by atoms with van der Waals surface area (Å²) in [5.41, 5.74) is -1.34. The summed E-state index contributed by atoms with van der Waals surface area (Å²) in [7, 11) is 3.47. The van der Waals surface area contributed by atoms with Crippen molar-refractivity contribution in [2.45, 2.75) is 97.2 Å². The van der Waals surface area contributed by atoms with Crippen LogP contribution in [0.4, 0.5) is 0 Å². The van der Waals surface area contributed by atoms with Crippen LogP contribution in [-0.4, -0.2) is 77.2 Å². The molecule has 0 aromatic heterocycles. The van der Waals surface area contributed by atoms with Gasteiger partial charge in [0.1, 0.15) is 18.0 Å². The average Bonchev–Trinajstić information content (AvgIpc) is 2.60. The van der Waals surface area contributed by atoms with Gasteiger partial charge in [-0.3, -0.25) is 0 Å². The molecule has 0 amide bonds. The molecule has 3 N–H and O–H groups in total. The monoisotopic (exact) mass is 403 g/mol. The molecule has 0 bridgehead atoms. The van der Waals surface area contributed by atoms with E-state index in [0.717, 1.165) is 12.7 Å². The van der Waals surface area contributed by atoms with Crippen LogP contribution in [-0.2, 0) is 9.53 Å². The van der Waals surface area contributed by atoms with Gasteiger partial charge in [-0.25, -0.2) is 0 Å². The van der Waals surface area contributed by atoms with E-state index in [2.05, 4.69) is 13.8 Å². The zero-order valence-electron chi connectivity index (χ0n) is 19.3. The Labute approximate surface area is 172 Å². The van der Waals surface area contributed by atoms with Crippen LogP contribution in [0, 0.1) is 17.8 Å². The van der Waals surface area contributed by atoms with Crippen LogP contribution in [0.1, 0.15) is 67.2 Å². The predicted molar refractivity (Wildman–Crippen MR) is 113 cm³/mol. The third-order valence-electron chi connectivity index (χ3n) is 6.01. The second-order valence-electron chi connectivity index (χ2n) is 9.17. The maximum Gasteiger partial charge on any atom is 0.122 e. The van der Waals surface area contributed by atoms with Crippen LogP contribution in [0.3, 0.4) is 0 Å². The van der Waals surface area contributed by atoms with E-state index in [0.29, 0.717) is 31.7 Å². The zero-order valence-corrected chi connectivity index (χ0v) is 19.3. The Balaban J connectivity index is 4.62. The van der Waals surface area contributed by atoms with Crippen molar-refractivity contribution in [2.75, 3.05) is 20.7 Å². The van der Waals surface area contributed by atoms with E-state index in [4.69, 9.17) is 4.74 Å². The van der Waals surface area contributed by atoms with Crippen molar-refractivity contribution < 1.29 is 24.9 Å². The van der Waals surface area contributed by atoms with Crippen molar-refractivity contribution in [3.05, 3.63) is 0 Å². The van der Waals surface area contributed by atoms with Crippen molar-refractivity contribution in [1.29, 1.82) is 0 Å². The minimum absolute atomic E-state index is 0.0277. The second kappa shape index (κ2) is 12.9. The Bertz CT molecular complexity index is 427. The van der Waals surface area contributed by atoms with E-state index < -0.39 is 23.9 Å². The first-order chi connectivity index (χ1) is 12.9. The molecular formula is C22H45NO5. The number of aliphatic hydroxyl groups is 3. The Morgan fingerprint density at radius 2 is 1.61 bits per heavy atom. The van der Waals surface area contributed by atoms with Crippen molar-refractivity contribution in [2.24, 2.45) is 17.8 Å². The number of nitrogens with zero attached hydrogens (tertiary/aromatic N) is 1. The van der Waals surface area contributed by atoms with Gasteiger partial charge in [-0.1, -0.05) is 27.7 Å². The van der Waals surface area contributed by atoms with Crippen LogP contribution in [0.2, 0.25) is 0 Å². The lowest BCUT2D eigenvalue weighted by Gasteiger charge is -2.41. The highest BCUT2D eigenvalue weighted by molar-refractivity contribution is 5.52. The Kier molecular flexibility index (Phi) is 12.7. The van der Waals surface area contributed by atoms with Gasteiger partial charge >= 0.3 is 0 Å². The van der Waals surface area contributed by atoms with Crippen LogP contribution in [0.15, 0.2) is 0 Å². The molecule has 0 unspecified atom stereocenters. The number of carbonyl (C=O) groups excluding carboxylic acids is 1. The molecule has 0 spiro atoms. The molecule has 0 fully saturated rings. The molecule has 0 aromatic carbocycles. The standard InChI is InChI=1S/C22H45NO5/c1-9-20(28-8)22(6,27)21(26)18(5)23(7)13-16(3)12-19(25)11-15(2)10-17(4)14-24/h14-21,25-27H,9-13H2,1-8H3/t15-,16+,17+,18+,19+,20+,21+,22+/m0/s1. The highest BCUT2D eigenvalue weighted by atomic mass is 16.5. The molecule has 0 aliphatic heterocycles. The maximum atomic E-state index is 10.8. The molecule has 0 radical (unpaired) electrons. The van der Waals surface area contributed by atoms with Gasteiger partial charge in [0.25, 0.3) is 0 Å². The Morgan fingerprint density at radius 1 is 1.07 bits per heavy atom. The normalized spacial score (nSPS) is 22.0. The lowest BCUT2D eigenvalue weighted by molar-refractivity contribution is -0.163. The molecule has 0 aromatic rings. The van der Waals surface area contributed by atoms with Gasteiger partial charge < -0.3 is 29.8 Å². The van der Waals surface area contributed by atoms with Crippen molar-refractivity contribution in [3.63, 3.8) is 0 Å². The first-order valence-corrected chi connectivity index (χ1v) is 10.7. The fourth-order valence-corrected chi connectivity index (χ4v) is 4.28. The largest absolute Gasteiger partial charge is 0.393 e. The molecule has 0 aliphatic rings. The second-order valence-corrected chi connectivity index (χ2v) is 9.17. The number of likely N-dealkylation sites (N-methyl/N-ethyl adjacent to an activating group) is 1. The van der Waals surface area contributed by atoms with E-state index in [-0.39, 0.29) is 17.9 Å². The molecule has 0 aliphatic carbocycles. The highest BCUT2D eigenvalue weighted by Gasteiger charge is 2.42. The lowest BCUT2D eigenvalue weighted by atomic mass is 9.86. The average molecular weight is 404 g/mol. The summed E-state index contributed by atoms with van der Waals surface area (Å²) >= 11 is 0. The van der Waals surface area contributed by atoms with Crippen molar-refractivity contribution in [1.82, 2.24) is 4.90 Å². The minimum Gasteiger partial charge on any atom is -0.393 e. The summed E-state index contributed by atoms with van der Waals surface area (Å²) < 4.78 is 5.34. The number of hydrogen-bond acceptors (Lipinski definition) is 6. The Hall–Kier alpha value is -0.530. The summed E-state index contributed by atoms with van der Waals surface area (Å²) in [6, 6.07) is -0.258. The van der Waals surface area contributed by atoms with E-state index in [9.17, 15) is 20.1 Å². The molecule has 0 saturated heterocycles. The molecule has 0 heterocycles. The third-order valence-corrected chi connectivity index (χ3v) is 6.01. The maximum absolute atomic E-state index is 10.8. The molecule has 8 atom stereocenters. The van der Waals surface area contributed by atoms with Crippen LogP contribution in [0.5, 0.6) is 0 Å². The molecular weight excluding hydrogens is 358 g/mol. The van der Waals surface area contributed by atoms with Gasteiger partial charge in [0.15, 0.2) is 0 Å². The summed E-state index contributed by atoms with van der Waals surface area (Å²) in [6.07, 6.45) is 1.93. The number of rotatable bonds is 15. The fourth-order valence-electron chi connectivity index (χ4n) is 4.28. The number of carbonyl (C=O) groups is 1. The number of hydrogen-bond donors (Lipinski definition) is 3. The zero-order chi connectivity index (χ0) is 22.1. The third kappa shape index (κ3) is 8.87. The van der Waals surface area contributed by atoms with E-state index >= 15 is 0 Å². The SMILES string of the molecule is CC[C@@H](OC)[C@@](C)(O)[C@H](O)[C@@H](C)N(C)C[C@H](C)C[C@H](O)C[C@@H](C)C[C@@H](C)C=O. The van der Waals surface area contributed by atoms with Gasteiger partial charge in [-0.05, 0) is 58.4 Å². The lowest BCUT2D eigenvalue weighted by Crippen LogP contribution is -2.58. The first kappa shape index (κ1) is 27.5. The van der Waals surface area contributed by atoms with Crippen molar-refractivity contribution in [3.8, 4) is 0 Å². The summed E-state index contributed by atoms with van der Waals surface area (Å²) in [5.74, 6) is 0.565. The molecule has 0 saturated carbocycles. The van der Waals surface area contributed by atoms with Gasteiger partial charge in [0.2, 0.25) is 0 Å². The smallest absolute Gasteiger partial charge is 0.122 e. The molecule has 168 valence electrons. The van der Waals surface area contributed by atoms with Crippen molar-refractivity contribution >= 4 is 6.29 Å². The quantitative estimate of drug-likeness (QED) is 0.364. The number of aliphatic hydroxyl groups excluding tert-OH is 2. The molecule has 28 heavy (non-hydrogen) atoms. The van der Waals surface area contributed by atoms with Gasteiger partial charge in [0.05, 0.1) is 12.2 Å². The van der Waals surface area contributed by atoms with Gasteiger partial charge in [0, 0.05) is 25.6 Å². The summed E-state index contributed by atoms with van der Waals surface area (Å²) in [4.78, 5) is 12.8. The van der Waals surface area contributed by atoms with Gasteiger partial charge in [-0.2, -0.15) is 0 Å². The van der Waals surface area contributed by atoms with E-state index in [1.165, 1.54) is 0 Å². The fraction of sp³-hybridized carbons (Fsp3) is 0.955. The first-order valence-electron chi connectivity index (χ1n) is 10.7. The predicted octanol–water partition coefficient (Wildman–Crippen LogP) is 2.48. The topological polar surface area (TPSA) is 90.2 Å². The summed E-state index contributed by atoms with van der Waals surface area (Å²) in [5, 5.41) is 31.9. The molecule has 6 nitrogen and oxygen atoms in total. The van der Waals surface area contributed by atoms with E-state index in [1.807, 2.05) is 32.7 Å².